The molecule has 0 spiro atoms. The summed E-state index contributed by atoms with van der Waals surface area (Å²) in [6.07, 6.45) is -2.65. The van der Waals surface area contributed by atoms with Crippen LogP contribution in [0.1, 0.15) is 121 Å². The van der Waals surface area contributed by atoms with Crippen LogP contribution in [0.2, 0.25) is 0 Å². The Bertz CT molecular complexity index is 2310. The van der Waals surface area contributed by atoms with Crippen LogP contribution < -0.4 is 54.4 Å². The van der Waals surface area contributed by atoms with Gasteiger partial charge in [0, 0.05) is 81.0 Å². The fourth-order valence-electron chi connectivity index (χ4n) is 6.15. The van der Waals surface area contributed by atoms with Crippen LogP contribution in [0.4, 0.5) is 21.0 Å². The van der Waals surface area contributed by atoms with E-state index in [-0.39, 0.29) is 64.1 Å². The van der Waals surface area contributed by atoms with Gasteiger partial charge in [0.2, 0.25) is 5.91 Å². The SMILES string of the molecule is CC(C)(C)OC(=O)NCCCCC(NC(=O)OC(C)(C)C)C(=O)O.ClI.NCCCCC(N)C(=O)Nc1c(I)c(C(=O)NCC(O)CO)c(I)c(C(=O)NCC(O)CO)c1I.[NH3+]c1cc(C(=O)NCC(O)CO)cc(C(=O)NCC(O)CO)c1. The molecule has 0 fully saturated rings. The number of unbranched alkanes of at least 4 members (excludes halogenated alkanes) is 2. The van der Waals surface area contributed by atoms with Gasteiger partial charge in [-0.2, -0.15) is 0 Å². The zero-order valence-corrected chi connectivity index (χ0v) is 56.8. The molecule has 7 amide bonds. The molecule has 34 heteroatoms. The zero-order valence-electron chi connectivity index (χ0n) is 47.4. The lowest BCUT2D eigenvalue weighted by Gasteiger charge is -2.22. The maximum atomic E-state index is 13.0. The van der Waals surface area contributed by atoms with E-state index in [2.05, 4.69) is 51.9 Å². The monoisotopic (exact) mass is 1670 g/mol. The number of hydrogen-bond donors (Lipinski definition) is 19. The van der Waals surface area contributed by atoms with Gasteiger partial charge in [-0.05, 0) is 163 Å². The number of halogens is 5. The van der Waals surface area contributed by atoms with Gasteiger partial charge in [0.1, 0.15) is 22.9 Å². The van der Waals surface area contributed by atoms with Crippen LogP contribution in [-0.2, 0) is 19.1 Å². The predicted molar refractivity (Wildman–Crippen MR) is 344 cm³/mol. The predicted octanol–water partition coefficient (Wildman–Crippen LogP) is 0.0217. The van der Waals surface area contributed by atoms with E-state index in [0.29, 0.717) is 58.0 Å². The number of carbonyl (C=O) groups is 8. The number of nitrogens with one attached hydrogen (secondary N) is 7. The minimum absolute atomic E-state index is 0.0802. The zero-order chi connectivity index (χ0) is 65.1. The van der Waals surface area contributed by atoms with Gasteiger partial charge >= 0.3 is 18.2 Å². The quantitative estimate of drug-likeness (QED) is 0.0377. The maximum Gasteiger partial charge on any atom is 0.408 e. The first-order valence-corrected chi connectivity index (χ1v) is 31.7. The molecular formula is C50H82ClI4N10O19+. The van der Waals surface area contributed by atoms with Gasteiger partial charge in [-0.3, -0.25) is 24.0 Å². The van der Waals surface area contributed by atoms with Crippen LogP contribution in [0.3, 0.4) is 0 Å². The molecule has 0 heterocycles. The van der Waals surface area contributed by atoms with Crippen LogP contribution in [0.15, 0.2) is 18.2 Å². The second-order valence-corrected chi connectivity index (χ2v) is 23.2. The van der Waals surface area contributed by atoms with Crippen molar-refractivity contribution in [1.82, 2.24) is 31.9 Å². The number of anilines is 1. The number of carbonyl (C=O) groups excluding carboxylic acids is 7. The van der Waals surface area contributed by atoms with Crippen molar-refractivity contribution in [2.75, 3.05) is 71.0 Å². The molecule has 0 aliphatic carbocycles. The minimum atomic E-state index is -1.17. The average Bonchev–Trinajstić information content (AvgIpc) is 3.56. The molecule has 0 aliphatic heterocycles. The van der Waals surface area contributed by atoms with Gasteiger partial charge in [-0.25, -0.2) is 14.4 Å². The standard InChI is InChI=1S/C20H30I3N5O7.C16H30N2O6.C14H21N3O6.ClI/c21-14-12(19(34)26-5-9(31)7-29)15(22)17(28-18(33)11(25)3-1-2-4-24)16(23)13(14)20(35)27-6-10(32)8-30;1-15(2,3)23-13(21)17-10-8-7-9-11(12(19)20)18-14(22)24-16(4,5)6;15-10-2-8(13(22)16-4-11(20)6-18)1-9(3-10)14(23)17-5-12(21)7-19;1-2/h9-11,29-32H,1-8,24-25H2,(H,26,34)(H,27,35)(H,28,33);11H,7-10H2,1-6H3,(H,17,21)(H,18,22)(H,19,20);1-3,11-12,18-21H,4-7,15H2,(H,16,22)(H,17,23);/p+1. The number of alkyl carbamates (subject to hydrolysis) is 2. The highest BCUT2D eigenvalue weighted by molar-refractivity contribution is 14.1. The number of aliphatic hydroxyl groups is 8. The molecule has 2 rings (SSSR count). The molecule has 2 aromatic rings. The first-order chi connectivity index (χ1) is 39.2. The number of nitrogens with two attached hydrogens (primary N) is 2. The lowest BCUT2D eigenvalue weighted by molar-refractivity contribution is -0.254. The molecule has 0 radical (unpaired) electrons. The lowest BCUT2D eigenvalue weighted by Crippen LogP contribution is -2.43. The van der Waals surface area contributed by atoms with Crippen molar-refractivity contribution in [1.29, 1.82) is 0 Å². The maximum absolute atomic E-state index is 13.0. The van der Waals surface area contributed by atoms with E-state index >= 15 is 0 Å². The third-order valence-corrected chi connectivity index (χ3v) is 13.5. The number of benzene rings is 2. The van der Waals surface area contributed by atoms with Crippen molar-refractivity contribution in [2.24, 2.45) is 11.5 Å². The molecule has 0 bridgehead atoms. The Morgan fingerprint density at radius 2 is 0.964 bits per heavy atom. The molecule has 23 N–H and O–H groups in total. The third kappa shape index (κ3) is 35.4. The van der Waals surface area contributed by atoms with Crippen LogP contribution in [0, 0.1) is 10.7 Å². The Balaban J connectivity index is 0. The number of carboxylic acids is 1. The molecule has 6 atom stereocenters. The van der Waals surface area contributed by atoms with Gasteiger partial charge in [0.25, 0.3) is 23.6 Å². The van der Waals surface area contributed by atoms with Crippen molar-refractivity contribution in [2.45, 2.75) is 128 Å². The van der Waals surface area contributed by atoms with Crippen LogP contribution in [0.25, 0.3) is 0 Å². The highest BCUT2D eigenvalue weighted by Gasteiger charge is 2.30. The molecular weight excluding hydrogens is 1590 g/mol. The fourth-order valence-corrected chi connectivity index (χ4v) is 10.6. The summed E-state index contributed by atoms with van der Waals surface area (Å²) in [7, 11) is 4.61. The van der Waals surface area contributed by atoms with E-state index in [1.165, 1.54) is 18.2 Å². The highest BCUT2D eigenvalue weighted by atomic mass is 127. The smallest absolute Gasteiger partial charge is 0.408 e. The number of carboxylic acid groups (broad SMARTS) is 1. The molecule has 0 saturated heterocycles. The Labute approximate surface area is 545 Å². The number of rotatable bonds is 29. The van der Waals surface area contributed by atoms with Crippen molar-refractivity contribution in [3.8, 4) is 0 Å². The number of hydrogen-bond acceptors (Lipinski definition) is 20. The topological polar surface area (TPSA) is 501 Å². The summed E-state index contributed by atoms with van der Waals surface area (Å²) in [5, 5.41) is 99.7. The summed E-state index contributed by atoms with van der Waals surface area (Å²) in [5.41, 5.74) is 15.1. The number of amides is 7. The van der Waals surface area contributed by atoms with Crippen molar-refractivity contribution >= 4 is 157 Å². The normalized spacial score (nSPS) is 13.1. The number of ether oxygens (including phenoxy) is 2. The molecule has 6 unspecified atom stereocenters. The minimum Gasteiger partial charge on any atom is -0.480 e. The summed E-state index contributed by atoms with van der Waals surface area (Å²) < 4.78 is 11.1. The summed E-state index contributed by atoms with van der Waals surface area (Å²) in [5.74, 6) is -3.92. The Morgan fingerprint density at radius 3 is 1.33 bits per heavy atom. The third-order valence-electron chi connectivity index (χ3n) is 10.3. The Morgan fingerprint density at radius 1 is 0.583 bits per heavy atom. The molecule has 84 heavy (non-hydrogen) atoms. The molecule has 0 aromatic heterocycles. The van der Waals surface area contributed by atoms with E-state index in [4.69, 9.17) is 46.5 Å². The Hall–Kier alpha value is -3.43. The van der Waals surface area contributed by atoms with Crippen molar-refractivity contribution < 1.29 is 99.5 Å². The summed E-state index contributed by atoms with van der Waals surface area (Å²) in [4.78, 5) is 96.9. The van der Waals surface area contributed by atoms with Crippen molar-refractivity contribution in [3.05, 3.63) is 51.2 Å². The Kier molecular flexibility index (Phi) is 43.4. The summed E-state index contributed by atoms with van der Waals surface area (Å²) in [6.45, 7) is 8.50. The van der Waals surface area contributed by atoms with Crippen LogP contribution in [-0.4, -0.2) is 207 Å². The van der Waals surface area contributed by atoms with Gasteiger partial charge < -0.3 is 110 Å². The second-order valence-electron chi connectivity index (χ2n) is 20.0. The average molecular weight is 1670 g/mol. The molecule has 29 nitrogen and oxygen atoms in total. The van der Waals surface area contributed by atoms with Crippen LogP contribution in [0.5, 0.6) is 0 Å². The number of aliphatic carboxylic acids is 1. The van der Waals surface area contributed by atoms with Gasteiger partial charge in [-0.15, -0.1) is 0 Å². The number of aliphatic hydroxyl groups excluding tert-OH is 8. The number of quaternary nitrogens is 1. The molecule has 0 aliphatic rings. The highest BCUT2D eigenvalue weighted by Crippen LogP contribution is 2.36. The van der Waals surface area contributed by atoms with E-state index in [9.17, 15) is 58.8 Å². The first kappa shape index (κ1) is 82.6. The van der Waals surface area contributed by atoms with E-state index in [0.717, 1.165) is 0 Å². The van der Waals surface area contributed by atoms with Crippen molar-refractivity contribution in [3.63, 3.8) is 0 Å². The molecule has 0 saturated carbocycles. The first-order valence-electron chi connectivity index (χ1n) is 25.7. The van der Waals surface area contributed by atoms with Gasteiger partial charge in [-0.1, -0.05) is 6.42 Å². The summed E-state index contributed by atoms with van der Waals surface area (Å²) in [6, 6.07) is 2.43. The fraction of sp³-hybridized carbons (Fsp3) is 0.600. The van der Waals surface area contributed by atoms with E-state index in [1.807, 2.05) is 67.8 Å². The van der Waals surface area contributed by atoms with Crippen LogP contribution >= 0.6 is 98.1 Å². The van der Waals surface area contributed by atoms with Gasteiger partial charge in [0.05, 0.1) is 80.8 Å². The van der Waals surface area contributed by atoms with E-state index < -0.39 is 122 Å². The largest absolute Gasteiger partial charge is 0.480 e. The van der Waals surface area contributed by atoms with E-state index in [1.54, 1.807) is 63.0 Å². The van der Waals surface area contributed by atoms with Gasteiger partial charge in [0.15, 0.2) is 0 Å². The molecule has 480 valence electrons. The lowest BCUT2D eigenvalue weighted by atomic mass is 10.1. The molecule has 2 aromatic carbocycles. The second kappa shape index (κ2) is 44.1. The summed E-state index contributed by atoms with van der Waals surface area (Å²) >= 11 is 7.23.